The van der Waals surface area contributed by atoms with Crippen LogP contribution in [0.15, 0.2) is 18.2 Å². The number of nitrogen functional groups attached to an aromatic ring is 1. The van der Waals surface area contributed by atoms with Gasteiger partial charge in [0.1, 0.15) is 12.2 Å². The number of amides is 1. The molecule has 2 unspecified atom stereocenters. The number of para-hydroxylation sites is 1. The van der Waals surface area contributed by atoms with E-state index < -0.39 is 0 Å². The predicted molar refractivity (Wildman–Crippen MR) is 73.4 cm³/mol. The Morgan fingerprint density at radius 2 is 1.89 bits per heavy atom. The first-order valence-electron chi connectivity index (χ1n) is 5.97. The number of carbonyl (C=O) groups is 1. The summed E-state index contributed by atoms with van der Waals surface area (Å²) in [5.41, 5.74) is 6.57. The largest absolute Gasteiger partial charge is 0.397 e. The maximum absolute atomic E-state index is 12.4. The molecule has 5 nitrogen and oxygen atoms in total. The van der Waals surface area contributed by atoms with Crippen LogP contribution in [0.2, 0.25) is 5.02 Å². The topological polar surface area (TPSA) is 64.8 Å². The van der Waals surface area contributed by atoms with Gasteiger partial charge in [0, 0.05) is 27.3 Å². The van der Waals surface area contributed by atoms with Gasteiger partial charge in [0.2, 0.25) is 0 Å². The molecule has 1 aromatic rings. The number of likely N-dealkylation sites (tertiary alicyclic amines) is 1. The van der Waals surface area contributed by atoms with Gasteiger partial charge < -0.3 is 20.1 Å². The molecule has 6 heteroatoms. The lowest BCUT2D eigenvalue weighted by molar-refractivity contribution is -0.00461. The van der Waals surface area contributed by atoms with Crippen molar-refractivity contribution in [3.8, 4) is 0 Å². The summed E-state index contributed by atoms with van der Waals surface area (Å²) in [5, 5.41) is 0.386. The minimum absolute atomic E-state index is 0.116. The van der Waals surface area contributed by atoms with Crippen LogP contribution in [-0.4, -0.2) is 50.3 Å². The lowest BCUT2D eigenvalue weighted by Gasteiger charge is -2.17. The molecule has 1 heterocycles. The van der Waals surface area contributed by atoms with Crippen molar-refractivity contribution in [1.82, 2.24) is 4.90 Å². The maximum Gasteiger partial charge on any atom is 0.256 e. The van der Waals surface area contributed by atoms with Gasteiger partial charge in [0.15, 0.2) is 0 Å². The summed E-state index contributed by atoms with van der Waals surface area (Å²) in [6, 6.07) is 5.04. The second-order valence-corrected chi connectivity index (χ2v) is 4.87. The van der Waals surface area contributed by atoms with Gasteiger partial charge in [0.25, 0.3) is 5.91 Å². The number of benzene rings is 1. The predicted octanol–water partition coefficient (Wildman–Crippen LogP) is 1.41. The van der Waals surface area contributed by atoms with E-state index in [4.69, 9.17) is 26.8 Å². The summed E-state index contributed by atoms with van der Waals surface area (Å²) in [6.07, 6.45) is -0.233. The van der Waals surface area contributed by atoms with Crippen molar-refractivity contribution < 1.29 is 14.3 Å². The van der Waals surface area contributed by atoms with E-state index in [2.05, 4.69) is 0 Å². The molecular weight excluding hydrogens is 268 g/mol. The molecule has 1 fully saturated rings. The average Bonchev–Trinajstić information content (AvgIpc) is 2.84. The van der Waals surface area contributed by atoms with Crippen molar-refractivity contribution in [3.05, 3.63) is 28.8 Å². The van der Waals surface area contributed by atoms with Crippen molar-refractivity contribution in [2.75, 3.05) is 33.0 Å². The first-order chi connectivity index (χ1) is 9.08. The molecule has 19 heavy (non-hydrogen) atoms. The van der Waals surface area contributed by atoms with Crippen molar-refractivity contribution in [3.63, 3.8) is 0 Å². The van der Waals surface area contributed by atoms with Crippen molar-refractivity contribution >= 4 is 23.2 Å². The molecule has 0 spiro atoms. The molecule has 0 saturated carbocycles. The van der Waals surface area contributed by atoms with Crippen LogP contribution in [0, 0.1) is 0 Å². The number of carbonyl (C=O) groups excluding carboxylic acids is 1. The Morgan fingerprint density at radius 1 is 1.32 bits per heavy atom. The molecule has 1 aliphatic rings. The van der Waals surface area contributed by atoms with E-state index in [1.165, 1.54) is 0 Å². The molecule has 1 saturated heterocycles. The highest BCUT2D eigenvalue weighted by atomic mass is 35.5. The zero-order valence-corrected chi connectivity index (χ0v) is 11.7. The second-order valence-electron chi connectivity index (χ2n) is 4.46. The van der Waals surface area contributed by atoms with Gasteiger partial charge in [-0.05, 0) is 12.1 Å². The van der Waals surface area contributed by atoms with Gasteiger partial charge in [-0.15, -0.1) is 0 Å². The number of hydrogen-bond donors (Lipinski definition) is 1. The summed E-state index contributed by atoms with van der Waals surface area (Å²) in [6.45, 7) is 0.972. The first-order valence-corrected chi connectivity index (χ1v) is 6.35. The fourth-order valence-electron chi connectivity index (χ4n) is 2.26. The number of hydrogen-bond acceptors (Lipinski definition) is 4. The Balaban J connectivity index is 2.19. The van der Waals surface area contributed by atoms with Crippen LogP contribution in [0.25, 0.3) is 0 Å². The van der Waals surface area contributed by atoms with E-state index in [0.29, 0.717) is 29.4 Å². The van der Waals surface area contributed by atoms with Crippen LogP contribution >= 0.6 is 11.6 Å². The molecule has 1 aromatic carbocycles. The zero-order valence-electron chi connectivity index (χ0n) is 10.9. The minimum atomic E-state index is -0.151. The Labute approximate surface area is 117 Å². The highest BCUT2D eigenvalue weighted by Gasteiger charge is 2.36. The zero-order chi connectivity index (χ0) is 14.0. The quantitative estimate of drug-likeness (QED) is 0.853. The highest BCUT2D eigenvalue weighted by molar-refractivity contribution is 6.33. The van der Waals surface area contributed by atoms with Gasteiger partial charge >= 0.3 is 0 Å². The van der Waals surface area contributed by atoms with Crippen LogP contribution < -0.4 is 5.73 Å². The minimum Gasteiger partial charge on any atom is -0.397 e. The number of rotatable bonds is 3. The van der Waals surface area contributed by atoms with E-state index in [9.17, 15) is 4.79 Å². The number of anilines is 1. The number of halogens is 1. The third-order valence-corrected chi connectivity index (χ3v) is 3.72. The summed E-state index contributed by atoms with van der Waals surface area (Å²) in [7, 11) is 3.22. The molecule has 1 aliphatic heterocycles. The molecule has 2 rings (SSSR count). The summed E-state index contributed by atoms with van der Waals surface area (Å²) in [5.74, 6) is -0.151. The van der Waals surface area contributed by atoms with E-state index in [-0.39, 0.29) is 18.1 Å². The summed E-state index contributed by atoms with van der Waals surface area (Å²) in [4.78, 5) is 14.1. The van der Waals surface area contributed by atoms with E-state index in [0.717, 1.165) is 0 Å². The fraction of sp³-hybridized carbons (Fsp3) is 0.462. The molecule has 0 aromatic heterocycles. The fourth-order valence-corrected chi connectivity index (χ4v) is 2.43. The van der Waals surface area contributed by atoms with E-state index in [1.807, 2.05) is 0 Å². The van der Waals surface area contributed by atoms with Crippen molar-refractivity contribution in [2.45, 2.75) is 12.2 Å². The van der Waals surface area contributed by atoms with Gasteiger partial charge in [-0.2, -0.15) is 0 Å². The Morgan fingerprint density at radius 3 is 2.42 bits per heavy atom. The summed E-state index contributed by atoms with van der Waals surface area (Å²) >= 11 is 5.93. The maximum atomic E-state index is 12.4. The molecule has 2 atom stereocenters. The van der Waals surface area contributed by atoms with Gasteiger partial charge in [-0.25, -0.2) is 0 Å². The van der Waals surface area contributed by atoms with E-state index in [1.54, 1.807) is 37.3 Å². The number of ether oxygens (including phenoxy) is 2. The number of nitrogens with zero attached hydrogens (tertiary/aromatic N) is 1. The molecule has 0 aliphatic carbocycles. The van der Waals surface area contributed by atoms with Gasteiger partial charge in [-0.1, -0.05) is 17.7 Å². The normalized spacial score (nSPS) is 22.8. The Bertz CT molecular complexity index is 469. The van der Waals surface area contributed by atoms with Crippen LogP contribution in [0.4, 0.5) is 5.69 Å². The number of nitrogens with two attached hydrogens (primary N) is 1. The molecule has 2 N–H and O–H groups in total. The van der Waals surface area contributed by atoms with Crippen LogP contribution in [-0.2, 0) is 9.47 Å². The molecule has 0 bridgehead atoms. The SMILES string of the molecule is COC1CN(C(=O)c2cccc(Cl)c2N)CC1OC. The third kappa shape index (κ3) is 2.68. The van der Waals surface area contributed by atoms with Gasteiger partial charge in [0.05, 0.1) is 16.3 Å². The van der Waals surface area contributed by atoms with Crippen molar-refractivity contribution in [1.29, 1.82) is 0 Å². The number of methoxy groups -OCH3 is 2. The Kier molecular flexibility index (Phi) is 4.29. The first kappa shape index (κ1) is 14.1. The highest BCUT2D eigenvalue weighted by Crippen LogP contribution is 2.25. The Hall–Kier alpha value is -1.30. The van der Waals surface area contributed by atoms with Crippen LogP contribution in [0.1, 0.15) is 10.4 Å². The smallest absolute Gasteiger partial charge is 0.256 e. The summed E-state index contributed by atoms with van der Waals surface area (Å²) < 4.78 is 10.6. The lowest BCUT2D eigenvalue weighted by Crippen LogP contribution is -2.30. The monoisotopic (exact) mass is 284 g/mol. The average molecular weight is 285 g/mol. The standard InChI is InChI=1S/C13H17ClN2O3/c1-18-10-6-16(7-11(10)19-2)13(17)8-4-3-5-9(14)12(8)15/h3-5,10-11H,6-7,15H2,1-2H3. The lowest BCUT2D eigenvalue weighted by atomic mass is 10.1. The van der Waals surface area contributed by atoms with Crippen molar-refractivity contribution in [2.24, 2.45) is 0 Å². The second kappa shape index (κ2) is 5.77. The van der Waals surface area contributed by atoms with Gasteiger partial charge in [-0.3, -0.25) is 4.79 Å². The molecule has 0 radical (unpaired) electrons. The molecule has 1 amide bonds. The van der Waals surface area contributed by atoms with Crippen LogP contribution in [0.5, 0.6) is 0 Å². The molecular formula is C13H17ClN2O3. The van der Waals surface area contributed by atoms with E-state index >= 15 is 0 Å². The third-order valence-electron chi connectivity index (χ3n) is 3.39. The van der Waals surface area contributed by atoms with Crippen LogP contribution in [0.3, 0.4) is 0 Å². The molecule has 104 valence electrons.